The van der Waals surface area contributed by atoms with Crippen LogP contribution in [-0.4, -0.2) is 12.4 Å². The molecular formula is C15H10F4O2. The van der Waals surface area contributed by atoms with E-state index in [1.165, 1.54) is 31.2 Å². The lowest BCUT2D eigenvalue weighted by Gasteiger charge is -2.07. The molecule has 21 heavy (non-hydrogen) atoms. The Bertz CT molecular complexity index is 666. The first-order chi connectivity index (χ1) is 9.88. The molecule has 0 unspecified atom stereocenters. The molecule has 2 aromatic rings. The van der Waals surface area contributed by atoms with E-state index in [4.69, 9.17) is 0 Å². The van der Waals surface area contributed by atoms with Gasteiger partial charge in [-0.1, -0.05) is 0 Å². The molecule has 0 spiro atoms. The summed E-state index contributed by atoms with van der Waals surface area (Å²) >= 11 is 0. The summed E-state index contributed by atoms with van der Waals surface area (Å²) in [6, 6.07) is 6.56. The maximum absolute atomic E-state index is 13.6. The maximum atomic E-state index is 13.6. The van der Waals surface area contributed by atoms with Crippen LogP contribution in [0.3, 0.4) is 0 Å². The van der Waals surface area contributed by atoms with Gasteiger partial charge in [0.2, 0.25) is 0 Å². The number of hydrogen-bond acceptors (Lipinski definition) is 2. The summed E-state index contributed by atoms with van der Waals surface area (Å²) in [6.07, 6.45) is 0. The predicted molar refractivity (Wildman–Crippen MR) is 67.6 cm³/mol. The quantitative estimate of drug-likeness (QED) is 0.627. The summed E-state index contributed by atoms with van der Waals surface area (Å²) in [5.74, 6) is -2.50. The van der Waals surface area contributed by atoms with E-state index in [-0.39, 0.29) is 22.4 Å². The lowest BCUT2D eigenvalue weighted by Crippen LogP contribution is -2.06. The third-order valence-corrected chi connectivity index (χ3v) is 2.83. The van der Waals surface area contributed by atoms with Gasteiger partial charge < -0.3 is 4.74 Å². The molecule has 0 aliphatic heterocycles. The minimum Gasteiger partial charge on any atom is -0.435 e. The highest BCUT2D eigenvalue weighted by Crippen LogP contribution is 2.20. The van der Waals surface area contributed by atoms with Gasteiger partial charge in [-0.15, -0.1) is 0 Å². The van der Waals surface area contributed by atoms with Gasteiger partial charge in [0.1, 0.15) is 17.4 Å². The molecule has 6 heteroatoms. The van der Waals surface area contributed by atoms with Crippen molar-refractivity contribution in [2.75, 3.05) is 0 Å². The highest BCUT2D eigenvalue weighted by molar-refractivity contribution is 6.09. The van der Waals surface area contributed by atoms with Gasteiger partial charge in [-0.2, -0.15) is 8.78 Å². The summed E-state index contributed by atoms with van der Waals surface area (Å²) in [5, 5.41) is 0. The fraction of sp³-hybridized carbons (Fsp3) is 0.133. The van der Waals surface area contributed by atoms with Crippen molar-refractivity contribution in [1.29, 1.82) is 0 Å². The van der Waals surface area contributed by atoms with Crippen molar-refractivity contribution in [2.24, 2.45) is 0 Å². The van der Waals surface area contributed by atoms with E-state index in [9.17, 15) is 22.4 Å². The van der Waals surface area contributed by atoms with Gasteiger partial charge in [0.05, 0.1) is 5.56 Å². The Morgan fingerprint density at radius 2 is 1.67 bits per heavy atom. The first kappa shape index (κ1) is 15.0. The zero-order valence-corrected chi connectivity index (χ0v) is 10.9. The number of rotatable bonds is 4. The SMILES string of the molecule is Cc1cc(C(=O)c2ccc(OC(F)F)cc2)c(F)cc1F. The number of benzene rings is 2. The number of hydrogen-bond donors (Lipinski definition) is 0. The molecule has 0 bridgehead atoms. The molecule has 0 aliphatic carbocycles. The Morgan fingerprint density at radius 1 is 1.05 bits per heavy atom. The number of ketones is 1. The largest absolute Gasteiger partial charge is 0.435 e. The molecule has 2 rings (SSSR count). The Balaban J connectivity index is 2.30. The van der Waals surface area contributed by atoms with Gasteiger partial charge in [0, 0.05) is 11.6 Å². The summed E-state index contributed by atoms with van der Waals surface area (Å²) in [7, 11) is 0. The number of halogens is 4. The lowest BCUT2D eigenvalue weighted by molar-refractivity contribution is -0.0498. The number of alkyl halides is 2. The molecule has 0 aliphatic rings. The Kier molecular flexibility index (Phi) is 4.26. The number of carbonyl (C=O) groups excluding carboxylic acids is 1. The molecule has 0 saturated carbocycles. The summed E-state index contributed by atoms with van der Waals surface area (Å²) in [4.78, 5) is 12.1. The zero-order chi connectivity index (χ0) is 15.6. The van der Waals surface area contributed by atoms with E-state index in [1.807, 2.05) is 0 Å². The minimum absolute atomic E-state index is 0.0847. The second-order valence-corrected chi connectivity index (χ2v) is 4.31. The van der Waals surface area contributed by atoms with Crippen LogP contribution in [0.5, 0.6) is 5.75 Å². The van der Waals surface area contributed by atoms with Crippen LogP contribution >= 0.6 is 0 Å². The van der Waals surface area contributed by atoms with Crippen LogP contribution in [0.1, 0.15) is 21.5 Å². The molecule has 2 aromatic carbocycles. The maximum Gasteiger partial charge on any atom is 0.387 e. The van der Waals surface area contributed by atoms with E-state index in [0.29, 0.717) is 6.07 Å². The molecule has 2 nitrogen and oxygen atoms in total. The molecule has 0 atom stereocenters. The first-order valence-corrected chi connectivity index (χ1v) is 5.93. The van der Waals surface area contributed by atoms with Gasteiger partial charge in [0.25, 0.3) is 0 Å². The van der Waals surface area contributed by atoms with Crippen LogP contribution in [0.25, 0.3) is 0 Å². The van der Waals surface area contributed by atoms with Gasteiger partial charge in [-0.25, -0.2) is 8.78 Å². The van der Waals surface area contributed by atoms with Crippen molar-refractivity contribution in [1.82, 2.24) is 0 Å². The van der Waals surface area contributed by atoms with E-state index in [1.54, 1.807) is 0 Å². The van der Waals surface area contributed by atoms with Crippen molar-refractivity contribution in [3.63, 3.8) is 0 Å². The topological polar surface area (TPSA) is 26.3 Å². The van der Waals surface area contributed by atoms with E-state index in [2.05, 4.69) is 4.74 Å². The third-order valence-electron chi connectivity index (χ3n) is 2.83. The van der Waals surface area contributed by atoms with Crippen LogP contribution in [0.15, 0.2) is 36.4 Å². The van der Waals surface area contributed by atoms with Crippen LogP contribution in [0.4, 0.5) is 17.6 Å². The minimum atomic E-state index is -2.97. The van der Waals surface area contributed by atoms with E-state index >= 15 is 0 Å². The third kappa shape index (κ3) is 3.39. The molecule has 0 radical (unpaired) electrons. The van der Waals surface area contributed by atoms with Gasteiger partial charge in [-0.05, 0) is 42.8 Å². The molecule has 0 heterocycles. The van der Waals surface area contributed by atoms with Gasteiger partial charge >= 0.3 is 6.61 Å². The molecule has 0 N–H and O–H groups in total. The normalized spacial score (nSPS) is 10.8. The molecule has 110 valence electrons. The fourth-order valence-electron chi connectivity index (χ4n) is 1.77. The van der Waals surface area contributed by atoms with Crippen LogP contribution in [0.2, 0.25) is 0 Å². The molecule has 0 fully saturated rings. The van der Waals surface area contributed by atoms with Gasteiger partial charge in [-0.3, -0.25) is 4.79 Å². The van der Waals surface area contributed by atoms with Crippen molar-refractivity contribution >= 4 is 5.78 Å². The number of ether oxygens (including phenoxy) is 1. The van der Waals surface area contributed by atoms with E-state index in [0.717, 1.165) is 6.07 Å². The molecule has 0 saturated heterocycles. The monoisotopic (exact) mass is 298 g/mol. The summed E-state index contributed by atoms with van der Waals surface area (Å²) in [6.45, 7) is -1.56. The highest BCUT2D eigenvalue weighted by atomic mass is 19.3. The number of carbonyl (C=O) groups is 1. The summed E-state index contributed by atoms with van der Waals surface area (Å²) < 4.78 is 54.9. The molecule has 0 aromatic heterocycles. The van der Waals surface area contributed by atoms with Gasteiger partial charge in [0.15, 0.2) is 5.78 Å². The van der Waals surface area contributed by atoms with Crippen molar-refractivity contribution in [3.8, 4) is 5.75 Å². The smallest absolute Gasteiger partial charge is 0.387 e. The Labute approximate surface area is 118 Å². The zero-order valence-electron chi connectivity index (χ0n) is 10.9. The lowest BCUT2D eigenvalue weighted by atomic mass is 10.0. The predicted octanol–water partition coefficient (Wildman–Crippen LogP) is 4.11. The molecular weight excluding hydrogens is 288 g/mol. The van der Waals surface area contributed by atoms with Crippen LogP contribution in [0, 0.1) is 18.6 Å². The fourth-order valence-corrected chi connectivity index (χ4v) is 1.77. The van der Waals surface area contributed by atoms with Crippen LogP contribution in [-0.2, 0) is 0 Å². The highest BCUT2D eigenvalue weighted by Gasteiger charge is 2.16. The van der Waals surface area contributed by atoms with Crippen LogP contribution < -0.4 is 4.74 Å². The second kappa shape index (κ2) is 5.95. The average molecular weight is 298 g/mol. The first-order valence-electron chi connectivity index (χ1n) is 5.93. The second-order valence-electron chi connectivity index (χ2n) is 4.31. The van der Waals surface area contributed by atoms with Crippen molar-refractivity contribution < 1.29 is 27.1 Å². The standard InChI is InChI=1S/C15H10F4O2/c1-8-6-11(13(17)7-12(8)16)14(20)9-2-4-10(5-3-9)21-15(18)19/h2-7,15H,1H3. The Hall–Kier alpha value is -2.37. The molecule has 0 amide bonds. The van der Waals surface area contributed by atoms with E-state index < -0.39 is 24.0 Å². The summed E-state index contributed by atoms with van der Waals surface area (Å²) in [5.41, 5.74) is -0.0599. The average Bonchev–Trinajstić information content (AvgIpc) is 2.42. The van der Waals surface area contributed by atoms with Crippen molar-refractivity contribution in [3.05, 3.63) is 64.7 Å². The van der Waals surface area contributed by atoms with Crippen molar-refractivity contribution in [2.45, 2.75) is 13.5 Å². The number of aryl methyl sites for hydroxylation is 1. The Morgan fingerprint density at radius 3 is 2.24 bits per heavy atom.